The Hall–Kier alpha value is -2.53. The van der Waals surface area contributed by atoms with Gasteiger partial charge in [0.05, 0.1) is 0 Å². The predicted octanol–water partition coefficient (Wildman–Crippen LogP) is 2.97. The van der Waals surface area contributed by atoms with Gasteiger partial charge >= 0.3 is 5.97 Å². The van der Waals surface area contributed by atoms with E-state index >= 15 is 0 Å². The van der Waals surface area contributed by atoms with Crippen molar-refractivity contribution in [1.29, 1.82) is 0 Å². The first kappa shape index (κ1) is 17.8. The van der Waals surface area contributed by atoms with E-state index in [1.165, 1.54) is 6.92 Å². The number of hydrogen-bond acceptors (Lipinski definition) is 4. The summed E-state index contributed by atoms with van der Waals surface area (Å²) in [5.74, 6) is -0.534. The molecule has 1 N–H and O–H groups in total. The van der Waals surface area contributed by atoms with Crippen molar-refractivity contribution in [2.45, 2.75) is 19.6 Å². The molecule has 1 atom stereocenters. The monoisotopic (exact) mass is 347 g/mol. The summed E-state index contributed by atoms with van der Waals surface area (Å²) in [6.45, 7) is 1.59. The van der Waals surface area contributed by atoms with E-state index in [4.69, 9.17) is 21.1 Å². The van der Waals surface area contributed by atoms with Crippen LogP contribution in [0.4, 0.5) is 0 Å². The molecule has 1 unspecified atom stereocenters. The SMILES string of the molecule is CC(OC(=O)COc1cccc(Cl)c1)C(=O)NCc1ccccc1. The Morgan fingerprint density at radius 2 is 1.88 bits per heavy atom. The van der Waals surface area contributed by atoms with Gasteiger partial charge in [-0.3, -0.25) is 4.79 Å². The third-order valence-corrected chi connectivity index (χ3v) is 3.37. The number of halogens is 1. The number of esters is 1. The third-order valence-electron chi connectivity index (χ3n) is 3.14. The third kappa shape index (κ3) is 5.93. The van der Waals surface area contributed by atoms with E-state index in [9.17, 15) is 9.59 Å². The normalized spacial score (nSPS) is 11.4. The van der Waals surface area contributed by atoms with E-state index in [1.54, 1.807) is 24.3 Å². The molecular formula is C18H18ClNO4. The standard InChI is InChI=1S/C18H18ClNO4/c1-13(18(22)20-11-14-6-3-2-4-7-14)24-17(21)12-23-16-9-5-8-15(19)10-16/h2-10,13H,11-12H2,1H3,(H,20,22). The second kappa shape index (κ2) is 8.93. The molecule has 0 aliphatic carbocycles. The zero-order chi connectivity index (χ0) is 17.4. The van der Waals surface area contributed by atoms with Gasteiger partial charge in [-0.25, -0.2) is 4.79 Å². The molecule has 1 amide bonds. The first-order valence-electron chi connectivity index (χ1n) is 7.44. The molecule has 0 bridgehead atoms. The maximum Gasteiger partial charge on any atom is 0.344 e. The summed E-state index contributed by atoms with van der Waals surface area (Å²) < 4.78 is 10.3. The molecule has 126 valence electrons. The molecule has 24 heavy (non-hydrogen) atoms. The van der Waals surface area contributed by atoms with Crippen molar-refractivity contribution in [3.05, 3.63) is 65.2 Å². The van der Waals surface area contributed by atoms with E-state index in [1.807, 2.05) is 30.3 Å². The molecule has 0 heterocycles. The van der Waals surface area contributed by atoms with Crippen LogP contribution in [0, 0.1) is 0 Å². The van der Waals surface area contributed by atoms with Crippen molar-refractivity contribution in [3.63, 3.8) is 0 Å². The molecule has 0 saturated carbocycles. The van der Waals surface area contributed by atoms with Crippen LogP contribution in [0.1, 0.15) is 12.5 Å². The Morgan fingerprint density at radius 3 is 2.58 bits per heavy atom. The van der Waals surface area contributed by atoms with Gasteiger partial charge in [0.2, 0.25) is 0 Å². The second-order valence-electron chi connectivity index (χ2n) is 5.08. The van der Waals surface area contributed by atoms with Crippen LogP contribution in [-0.4, -0.2) is 24.6 Å². The molecule has 2 aromatic rings. The fourth-order valence-corrected chi connectivity index (χ4v) is 2.09. The summed E-state index contributed by atoms with van der Waals surface area (Å²) in [5.41, 5.74) is 0.966. The molecule has 2 rings (SSSR count). The lowest BCUT2D eigenvalue weighted by atomic mass is 10.2. The van der Waals surface area contributed by atoms with Crippen LogP contribution in [0.15, 0.2) is 54.6 Å². The Kier molecular flexibility index (Phi) is 6.63. The molecule has 0 aliphatic heterocycles. The van der Waals surface area contributed by atoms with Crippen molar-refractivity contribution >= 4 is 23.5 Å². The van der Waals surface area contributed by atoms with E-state index in [0.29, 0.717) is 17.3 Å². The van der Waals surface area contributed by atoms with Crippen molar-refractivity contribution in [1.82, 2.24) is 5.32 Å². The molecule has 2 aromatic carbocycles. The van der Waals surface area contributed by atoms with Gasteiger partial charge in [-0.2, -0.15) is 0 Å². The van der Waals surface area contributed by atoms with Crippen molar-refractivity contribution in [3.8, 4) is 5.75 Å². The van der Waals surface area contributed by atoms with E-state index in [2.05, 4.69) is 5.32 Å². The number of carbonyl (C=O) groups excluding carboxylic acids is 2. The van der Waals surface area contributed by atoms with Gasteiger partial charge in [0.25, 0.3) is 5.91 Å². The minimum absolute atomic E-state index is 0.295. The number of ether oxygens (including phenoxy) is 2. The van der Waals surface area contributed by atoms with Gasteiger partial charge in [0, 0.05) is 11.6 Å². The number of rotatable bonds is 7. The summed E-state index contributed by atoms with van der Waals surface area (Å²) in [5, 5.41) is 3.22. The Labute approximate surface area is 145 Å². The van der Waals surface area contributed by atoms with Gasteiger partial charge < -0.3 is 14.8 Å². The molecule has 0 aliphatic rings. The Balaban J connectivity index is 1.73. The average molecular weight is 348 g/mol. The van der Waals surface area contributed by atoms with Crippen LogP contribution in [0.25, 0.3) is 0 Å². The number of benzene rings is 2. The first-order valence-corrected chi connectivity index (χ1v) is 7.82. The zero-order valence-electron chi connectivity index (χ0n) is 13.2. The van der Waals surface area contributed by atoms with Crippen LogP contribution in [0.5, 0.6) is 5.75 Å². The molecule has 0 saturated heterocycles. The topological polar surface area (TPSA) is 64.6 Å². The van der Waals surface area contributed by atoms with Crippen LogP contribution < -0.4 is 10.1 Å². The first-order chi connectivity index (χ1) is 11.5. The van der Waals surface area contributed by atoms with Crippen LogP contribution in [-0.2, 0) is 20.9 Å². The summed E-state index contributed by atoms with van der Waals surface area (Å²) in [6, 6.07) is 16.1. The second-order valence-corrected chi connectivity index (χ2v) is 5.52. The zero-order valence-corrected chi connectivity index (χ0v) is 14.0. The van der Waals surface area contributed by atoms with Gasteiger partial charge in [-0.05, 0) is 30.7 Å². The van der Waals surface area contributed by atoms with Gasteiger partial charge in [-0.15, -0.1) is 0 Å². The number of carbonyl (C=O) groups is 2. The summed E-state index contributed by atoms with van der Waals surface area (Å²) in [7, 11) is 0. The highest BCUT2D eigenvalue weighted by molar-refractivity contribution is 6.30. The van der Waals surface area contributed by atoms with E-state index < -0.39 is 12.1 Å². The van der Waals surface area contributed by atoms with Crippen molar-refractivity contribution in [2.75, 3.05) is 6.61 Å². The summed E-state index contributed by atoms with van der Waals surface area (Å²) in [6.07, 6.45) is -0.899. The maximum absolute atomic E-state index is 11.9. The highest BCUT2D eigenvalue weighted by Crippen LogP contribution is 2.17. The van der Waals surface area contributed by atoms with Crippen molar-refractivity contribution in [2.24, 2.45) is 0 Å². The number of hydrogen-bond donors (Lipinski definition) is 1. The molecule has 0 fully saturated rings. The highest BCUT2D eigenvalue weighted by atomic mass is 35.5. The maximum atomic E-state index is 11.9. The average Bonchev–Trinajstić information content (AvgIpc) is 2.59. The summed E-state index contributed by atoms with van der Waals surface area (Å²) >= 11 is 5.82. The van der Waals surface area contributed by atoms with Crippen LogP contribution >= 0.6 is 11.6 Å². The summed E-state index contributed by atoms with van der Waals surface area (Å²) in [4.78, 5) is 23.7. The lowest BCUT2D eigenvalue weighted by Gasteiger charge is -2.14. The molecule has 0 spiro atoms. The quantitative estimate of drug-likeness (QED) is 0.782. The molecule has 6 heteroatoms. The fraction of sp³-hybridized carbons (Fsp3) is 0.222. The van der Waals surface area contributed by atoms with E-state index in [0.717, 1.165) is 5.56 Å². The number of amides is 1. The molecular weight excluding hydrogens is 330 g/mol. The van der Waals surface area contributed by atoms with Crippen LogP contribution in [0.2, 0.25) is 5.02 Å². The smallest absolute Gasteiger partial charge is 0.344 e. The molecule has 5 nitrogen and oxygen atoms in total. The Bertz CT molecular complexity index is 690. The predicted molar refractivity (Wildman–Crippen MR) is 90.8 cm³/mol. The minimum atomic E-state index is -0.899. The van der Waals surface area contributed by atoms with Gasteiger partial charge in [0.15, 0.2) is 12.7 Å². The Morgan fingerprint density at radius 1 is 1.12 bits per heavy atom. The molecule has 0 aromatic heterocycles. The minimum Gasteiger partial charge on any atom is -0.482 e. The molecule has 0 radical (unpaired) electrons. The lowest BCUT2D eigenvalue weighted by Crippen LogP contribution is -2.36. The highest BCUT2D eigenvalue weighted by Gasteiger charge is 2.17. The largest absolute Gasteiger partial charge is 0.482 e. The van der Waals surface area contributed by atoms with Crippen LogP contribution in [0.3, 0.4) is 0 Å². The number of nitrogens with one attached hydrogen (secondary N) is 1. The van der Waals surface area contributed by atoms with E-state index in [-0.39, 0.29) is 12.5 Å². The van der Waals surface area contributed by atoms with Gasteiger partial charge in [-0.1, -0.05) is 48.0 Å². The lowest BCUT2D eigenvalue weighted by molar-refractivity contribution is -0.156. The fourth-order valence-electron chi connectivity index (χ4n) is 1.91. The van der Waals surface area contributed by atoms with Crippen molar-refractivity contribution < 1.29 is 19.1 Å². The van der Waals surface area contributed by atoms with Gasteiger partial charge in [0.1, 0.15) is 5.75 Å².